The maximum Gasteiger partial charge on any atom is 0.226 e. The molecule has 3 aromatic rings. The van der Waals surface area contributed by atoms with Gasteiger partial charge in [0, 0.05) is 29.3 Å². The van der Waals surface area contributed by atoms with Crippen molar-refractivity contribution in [1.29, 1.82) is 0 Å². The number of benzene rings is 2. The van der Waals surface area contributed by atoms with Gasteiger partial charge in [0.15, 0.2) is 10.9 Å². The van der Waals surface area contributed by atoms with E-state index in [1.54, 1.807) is 17.5 Å². The van der Waals surface area contributed by atoms with E-state index in [-0.39, 0.29) is 30.3 Å². The Morgan fingerprint density at radius 2 is 1.54 bits per heavy atom. The number of halogens is 2. The van der Waals surface area contributed by atoms with E-state index < -0.39 is 5.82 Å². The zero-order valence-corrected chi connectivity index (χ0v) is 14.4. The maximum absolute atomic E-state index is 13.0. The fourth-order valence-corrected chi connectivity index (χ4v) is 3.01. The minimum atomic E-state index is -0.417. The molecule has 1 aromatic heterocycles. The van der Waals surface area contributed by atoms with Crippen molar-refractivity contribution >= 4 is 28.2 Å². The predicted molar refractivity (Wildman–Crippen MR) is 96.1 cm³/mol. The van der Waals surface area contributed by atoms with Gasteiger partial charge >= 0.3 is 0 Å². The minimum Gasteiger partial charge on any atom is -0.302 e. The molecule has 4 nitrogen and oxygen atoms in total. The maximum atomic E-state index is 13.0. The first kappa shape index (κ1) is 17.9. The van der Waals surface area contributed by atoms with Crippen molar-refractivity contribution in [3.63, 3.8) is 0 Å². The van der Waals surface area contributed by atoms with Crippen LogP contribution in [0.1, 0.15) is 23.2 Å². The van der Waals surface area contributed by atoms with Gasteiger partial charge in [-0.15, -0.1) is 11.3 Å². The lowest BCUT2D eigenvalue weighted by atomic mass is 10.1. The van der Waals surface area contributed by atoms with Crippen molar-refractivity contribution in [3.05, 3.63) is 71.1 Å². The number of nitrogens with one attached hydrogen (secondary N) is 1. The summed E-state index contributed by atoms with van der Waals surface area (Å²) in [6.45, 7) is 0. The molecule has 2 aromatic carbocycles. The number of rotatable bonds is 6. The number of carbonyl (C=O) groups excluding carboxylic acids is 2. The van der Waals surface area contributed by atoms with Gasteiger partial charge in [-0.05, 0) is 48.5 Å². The molecule has 0 atom stereocenters. The van der Waals surface area contributed by atoms with Crippen molar-refractivity contribution in [2.24, 2.45) is 0 Å². The van der Waals surface area contributed by atoms with Gasteiger partial charge in [-0.3, -0.25) is 9.59 Å². The molecule has 26 heavy (non-hydrogen) atoms. The van der Waals surface area contributed by atoms with Crippen LogP contribution in [0.4, 0.5) is 13.9 Å². The fraction of sp³-hybridized carbons (Fsp3) is 0.105. The summed E-state index contributed by atoms with van der Waals surface area (Å²) in [7, 11) is 0. The highest BCUT2D eigenvalue weighted by atomic mass is 32.1. The Morgan fingerprint density at radius 1 is 0.923 bits per heavy atom. The molecule has 0 unspecified atom stereocenters. The third-order valence-electron chi connectivity index (χ3n) is 3.64. The monoisotopic (exact) mass is 372 g/mol. The smallest absolute Gasteiger partial charge is 0.226 e. The Kier molecular flexibility index (Phi) is 5.48. The van der Waals surface area contributed by atoms with Gasteiger partial charge in [-0.2, -0.15) is 0 Å². The quantitative estimate of drug-likeness (QED) is 0.639. The largest absolute Gasteiger partial charge is 0.302 e. The molecule has 0 aliphatic carbocycles. The zero-order chi connectivity index (χ0) is 18.5. The molecule has 7 heteroatoms. The van der Waals surface area contributed by atoms with E-state index in [0.29, 0.717) is 16.4 Å². The van der Waals surface area contributed by atoms with Crippen LogP contribution in [0.2, 0.25) is 0 Å². The molecule has 0 saturated carbocycles. The number of hydrogen-bond acceptors (Lipinski definition) is 4. The molecule has 1 heterocycles. The molecule has 0 saturated heterocycles. The van der Waals surface area contributed by atoms with E-state index in [1.165, 1.54) is 47.7 Å². The Morgan fingerprint density at radius 3 is 2.19 bits per heavy atom. The van der Waals surface area contributed by atoms with Crippen molar-refractivity contribution in [2.45, 2.75) is 12.8 Å². The zero-order valence-electron chi connectivity index (χ0n) is 13.5. The first-order valence-electron chi connectivity index (χ1n) is 7.81. The second-order valence-electron chi connectivity index (χ2n) is 5.52. The highest BCUT2D eigenvalue weighted by molar-refractivity contribution is 7.14. The van der Waals surface area contributed by atoms with E-state index in [0.717, 1.165) is 5.56 Å². The number of nitrogens with zero attached hydrogens (tertiary/aromatic N) is 1. The van der Waals surface area contributed by atoms with Gasteiger partial charge in [0.1, 0.15) is 11.6 Å². The summed E-state index contributed by atoms with van der Waals surface area (Å²) >= 11 is 1.25. The van der Waals surface area contributed by atoms with Crippen LogP contribution in [0.5, 0.6) is 0 Å². The third kappa shape index (κ3) is 4.58. The van der Waals surface area contributed by atoms with Crippen LogP contribution in [0, 0.1) is 11.6 Å². The summed E-state index contributed by atoms with van der Waals surface area (Å²) in [5.74, 6) is -1.31. The van der Waals surface area contributed by atoms with Crippen LogP contribution < -0.4 is 5.32 Å². The lowest BCUT2D eigenvalue weighted by Gasteiger charge is -2.02. The number of carbonyl (C=O) groups is 2. The second-order valence-corrected chi connectivity index (χ2v) is 6.38. The number of anilines is 1. The summed E-state index contributed by atoms with van der Waals surface area (Å²) in [6.07, 6.45) is 0.0231. The standard InChI is InChI=1S/C19H14F2N2O2S/c20-14-5-1-12(2-6-14)16-11-26-19(22-16)23-18(25)10-9-17(24)13-3-7-15(21)8-4-13/h1-8,11H,9-10H2,(H,22,23,25). The summed E-state index contributed by atoms with van der Waals surface area (Å²) < 4.78 is 25.8. The third-order valence-corrected chi connectivity index (χ3v) is 4.39. The number of ketones is 1. The number of thiazole rings is 1. The van der Waals surface area contributed by atoms with Crippen molar-refractivity contribution in [3.8, 4) is 11.3 Å². The molecule has 0 aliphatic rings. The molecule has 132 valence electrons. The highest BCUT2D eigenvalue weighted by Gasteiger charge is 2.12. The summed E-state index contributed by atoms with van der Waals surface area (Å²) in [5, 5.41) is 4.80. The number of amides is 1. The first-order valence-corrected chi connectivity index (χ1v) is 8.69. The molecular weight excluding hydrogens is 358 g/mol. The Balaban J connectivity index is 1.54. The molecular formula is C19H14F2N2O2S. The van der Waals surface area contributed by atoms with Crippen molar-refractivity contribution in [1.82, 2.24) is 4.98 Å². The molecule has 0 radical (unpaired) electrons. The number of aromatic nitrogens is 1. The van der Waals surface area contributed by atoms with Gasteiger partial charge in [0.2, 0.25) is 5.91 Å². The number of Topliss-reactive ketones (excluding diaryl/α,β-unsaturated/α-hetero) is 1. The van der Waals surface area contributed by atoms with Crippen LogP contribution in [0.25, 0.3) is 11.3 Å². The lowest BCUT2D eigenvalue weighted by Crippen LogP contribution is -2.13. The normalized spacial score (nSPS) is 10.5. The minimum absolute atomic E-state index is 0.00166. The lowest BCUT2D eigenvalue weighted by molar-refractivity contribution is -0.116. The average Bonchev–Trinajstić information content (AvgIpc) is 3.09. The van der Waals surface area contributed by atoms with E-state index in [1.807, 2.05) is 0 Å². The molecule has 0 bridgehead atoms. The highest BCUT2D eigenvalue weighted by Crippen LogP contribution is 2.25. The van der Waals surface area contributed by atoms with E-state index >= 15 is 0 Å². The average molecular weight is 372 g/mol. The van der Waals surface area contributed by atoms with E-state index in [2.05, 4.69) is 10.3 Å². The first-order chi connectivity index (χ1) is 12.5. The van der Waals surface area contributed by atoms with Crippen molar-refractivity contribution < 1.29 is 18.4 Å². The Hall–Kier alpha value is -2.93. The fourth-order valence-electron chi connectivity index (χ4n) is 2.27. The molecule has 1 N–H and O–H groups in total. The van der Waals surface area contributed by atoms with Gasteiger partial charge < -0.3 is 5.32 Å². The molecule has 1 amide bonds. The van der Waals surface area contributed by atoms with E-state index in [4.69, 9.17) is 0 Å². The van der Waals surface area contributed by atoms with Crippen LogP contribution in [0.3, 0.4) is 0 Å². The summed E-state index contributed by atoms with van der Waals surface area (Å²) in [6, 6.07) is 11.1. The van der Waals surface area contributed by atoms with E-state index in [9.17, 15) is 18.4 Å². The van der Waals surface area contributed by atoms with Gasteiger partial charge in [0.05, 0.1) is 5.69 Å². The molecule has 0 fully saturated rings. The molecule has 0 spiro atoms. The van der Waals surface area contributed by atoms with Crippen LogP contribution in [-0.4, -0.2) is 16.7 Å². The van der Waals surface area contributed by atoms with Gasteiger partial charge in [-0.25, -0.2) is 13.8 Å². The predicted octanol–water partition coefficient (Wildman–Crippen LogP) is 4.69. The molecule has 0 aliphatic heterocycles. The second kappa shape index (κ2) is 7.97. The summed E-state index contributed by atoms with van der Waals surface area (Å²) in [4.78, 5) is 28.3. The SMILES string of the molecule is O=C(CCC(=O)c1ccc(F)cc1)Nc1nc(-c2ccc(F)cc2)cs1. The molecule has 3 rings (SSSR count). The number of hydrogen-bond donors (Lipinski definition) is 1. The van der Waals surface area contributed by atoms with Crippen LogP contribution in [-0.2, 0) is 4.79 Å². The van der Waals surface area contributed by atoms with Gasteiger partial charge in [-0.1, -0.05) is 0 Å². The topological polar surface area (TPSA) is 59.1 Å². The van der Waals surface area contributed by atoms with Crippen LogP contribution in [0.15, 0.2) is 53.9 Å². The Bertz CT molecular complexity index is 921. The Labute approximate surface area is 152 Å². The van der Waals surface area contributed by atoms with Crippen LogP contribution >= 0.6 is 11.3 Å². The van der Waals surface area contributed by atoms with Crippen molar-refractivity contribution in [2.75, 3.05) is 5.32 Å². The summed E-state index contributed by atoms with van der Waals surface area (Å²) in [5.41, 5.74) is 1.74. The van der Waals surface area contributed by atoms with Gasteiger partial charge in [0.25, 0.3) is 0 Å².